The van der Waals surface area contributed by atoms with Gasteiger partial charge in [-0.15, -0.1) is 0 Å². The quantitative estimate of drug-likeness (QED) is 0.0901. The van der Waals surface area contributed by atoms with E-state index in [4.69, 9.17) is 0 Å². The molecule has 0 fully saturated rings. The highest BCUT2D eigenvalue weighted by molar-refractivity contribution is 7.86. The highest BCUT2D eigenvalue weighted by Gasteiger charge is 2.04. The van der Waals surface area contributed by atoms with Gasteiger partial charge in [-0.25, -0.2) is 16.8 Å². The molecule has 4 rings (SSSR count). The van der Waals surface area contributed by atoms with Crippen LogP contribution in [0.2, 0.25) is 0 Å². The lowest BCUT2D eigenvalue weighted by Crippen LogP contribution is -2.51. The van der Waals surface area contributed by atoms with Crippen molar-refractivity contribution in [2.24, 2.45) is 22.9 Å². The Balaban J connectivity index is 0. The van der Waals surface area contributed by atoms with Gasteiger partial charge in [-0.2, -0.15) is 0 Å². The molecule has 0 bridgehead atoms. The molecule has 0 unspecified atom stereocenters. The van der Waals surface area contributed by atoms with Crippen molar-refractivity contribution in [3.05, 3.63) is 133 Å². The Hall–Kier alpha value is -4.76. The molecule has 0 amide bonds. The predicted octanol–water partition coefficient (Wildman–Crippen LogP) is -1.41. The van der Waals surface area contributed by atoms with Gasteiger partial charge in [0.2, 0.25) is 0 Å². The van der Waals surface area contributed by atoms with Gasteiger partial charge in [0.15, 0.2) is 0 Å². The van der Waals surface area contributed by atoms with Crippen molar-refractivity contribution in [2.45, 2.75) is 9.79 Å². The summed E-state index contributed by atoms with van der Waals surface area (Å²) in [5, 5.41) is 9.17. The minimum Gasteiger partial charge on any atom is -0.744 e. The maximum absolute atomic E-state index is 10.4. The van der Waals surface area contributed by atoms with Gasteiger partial charge in [-0.05, 0) is 24.3 Å². The van der Waals surface area contributed by atoms with E-state index in [1.807, 2.05) is 109 Å². The molecule has 40 heavy (non-hydrogen) atoms. The summed E-state index contributed by atoms with van der Waals surface area (Å²) in [6.07, 6.45) is 0. The Morgan fingerprint density at radius 2 is 0.525 bits per heavy atom. The van der Waals surface area contributed by atoms with Crippen molar-refractivity contribution in [1.29, 1.82) is 0 Å². The van der Waals surface area contributed by atoms with E-state index in [1.165, 1.54) is 0 Å². The van der Waals surface area contributed by atoms with Crippen LogP contribution < -0.4 is 33.8 Å². The summed E-state index contributed by atoms with van der Waals surface area (Å²) in [5.41, 5.74) is 18.3. The average molecular weight is 591 g/mol. The first-order chi connectivity index (χ1) is 18.7. The van der Waals surface area contributed by atoms with Gasteiger partial charge < -0.3 is 9.11 Å². The Morgan fingerprint density at radius 3 is 0.600 bits per heavy atom. The standard InChI is InChI=1S/C6H6O6S2.3C6H6.2CH5N3/c7-13(8,9)5-1-2-6(4-3-5)14(10,11)12;3*1-2-4-6-5-3-1;2*2-1(3)4/h1-4H,(H,7,8,9)(H,10,11,12);3*1-6H;2*(H5,2,3,4). The predicted molar refractivity (Wildman–Crippen MR) is 152 cm³/mol. The smallest absolute Gasteiger partial charge is 0.336 e. The Kier molecular flexibility index (Phi) is 20.8. The van der Waals surface area contributed by atoms with Crippen LogP contribution in [-0.2, 0) is 20.2 Å². The van der Waals surface area contributed by atoms with Crippen LogP contribution >= 0.6 is 0 Å². The maximum atomic E-state index is 10.4. The molecular weight excluding hydrogens is 556 g/mol. The van der Waals surface area contributed by atoms with E-state index in [9.17, 15) is 25.9 Å². The second-order valence-electron chi connectivity index (χ2n) is 6.84. The van der Waals surface area contributed by atoms with Crippen LogP contribution in [0.5, 0.6) is 0 Å². The summed E-state index contributed by atoms with van der Waals surface area (Å²) in [6.45, 7) is 0. The molecule has 0 spiro atoms. The molecule has 216 valence electrons. The number of hydrogen-bond donors (Lipinski definition) is 6. The van der Waals surface area contributed by atoms with E-state index < -0.39 is 30.0 Å². The highest BCUT2D eigenvalue weighted by atomic mass is 32.2. The second-order valence-corrected chi connectivity index (χ2v) is 9.60. The Bertz CT molecular complexity index is 1170. The largest absolute Gasteiger partial charge is 0.744 e. The molecule has 0 saturated heterocycles. The van der Waals surface area contributed by atoms with Gasteiger partial charge >= 0.3 is 11.9 Å². The minimum atomic E-state index is -4.61. The van der Waals surface area contributed by atoms with Crippen LogP contribution in [0.3, 0.4) is 0 Å². The third-order valence-corrected chi connectivity index (χ3v) is 5.10. The van der Waals surface area contributed by atoms with Gasteiger partial charge in [0, 0.05) is 0 Å². The second kappa shape index (κ2) is 22.2. The summed E-state index contributed by atoms with van der Waals surface area (Å²) in [5.74, 6) is -0.167. The lowest BCUT2D eigenvalue weighted by Gasteiger charge is -2.09. The third kappa shape index (κ3) is 27.8. The molecule has 0 aliphatic heterocycles. The first-order valence-electron chi connectivity index (χ1n) is 11.0. The van der Waals surface area contributed by atoms with E-state index >= 15 is 0 Å². The summed E-state index contributed by atoms with van der Waals surface area (Å²) >= 11 is 0. The molecule has 12 N–H and O–H groups in total. The minimum absolute atomic E-state index is 0.0833. The summed E-state index contributed by atoms with van der Waals surface area (Å²) in [6, 6.07) is 39.1. The van der Waals surface area contributed by atoms with Gasteiger partial charge in [-0.3, -0.25) is 33.8 Å². The van der Waals surface area contributed by atoms with Crippen LogP contribution in [0.4, 0.5) is 0 Å². The molecule has 12 nitrogen and oxygen atoms in total. The number of hydrogen-bond acceptors (Lipinski definition) is 6. The van der Waals surface area contributed by atoms with Crippen molar-refractivity contribution in [3.63, 3.8) is 0 Å². The molecule has 0 saturated carbocycles. The molecule has 0 aromatic heterocycles. The topological polar surface area (TPSA) is 270 Å². The van der Waals surface area contributed by atoms with E-state index in [-0.39, 0.29) is 11.9 Å². The Morgan fingerprint density at radius 1 is 0.425 bits per heavy atom. The first kappa shape index (κ1) is 37.4. The monoisotopic (exact) mass is 590 g/mol. The van der Waals surface area contributed by atoms with Gasteiger partial charge in [0.05, 0.1) is 9.79 Å². The molecule has 4 aromatic carbocycles. The van der Waals surface area contributed by atoms with Crippen molar-refractivity contribution < 1.29 is 36.8 Å². The molecule has 0 aliphatic carbocycles. The molecule has 4 aromatic rings. The van der Waals surface area contributed by atoms with Crippen molar-refractivity contribution in [1.82, 2.24) is 0 Å². The molecule has 0 atom stereocenters. The van der Waals surface area contributed by atoms with E-state index in [0.717, 1.165) is 24.3 Å². The van der Waals surface area contributed by atoms with Gasteiger partial charge in [0.1, 0.15) is 20.2 Å². The SMILES string of the molecule is NC(N)=[NH2+].NC(N)=[NH2+].O=S(=O)([O-])c1ccc(S(=O)(=O)[O-])cc1.c1ccccc1.c1ccccc1.c1ccccc1. The van der Waals surface area contributed by atoms with Gasteiger partial charge in [0.25, 0.3) is 0 Å². The van der Waals surface area contributed by atoms with Crippen molar-refractivity contribution >= 4 is 32.2 Å². The van der Waals surface area contributed by atoms with Crippen LogP contribution in [0.25, 0.3) is 0 Å². The maximum Gasteiger partial charge on any atom is 0.336 e. The fourth-order valence-corrected chi connectivity index (χ4v) is 2.87. The zero-order valence-electron chi connectivity index (χ0n) is 21.4. The van der Waals surface area contributed by atoms with Crippen LogP contribution in [-0.4, -0.2) is 37.9 Å². The van der Waals surface area contributed by atoms with Crippen molar-refractivity contribution in [2.75, 3.05) is 0 Å². The van der Waals surface area contributed by atoms with Crippen LogP contribution in [0, 0.1) is 0 Å². The summed E-state index contributed by atoms with van der Waals surface area (Å²) < 4.78 is 62.5. The average Bonchev–Trinajstić information content (AvgIpc) is 2.91. The van der Waals surface area contributed by atoms with E-state index in [0.29, 0.717) is 0 Å². The molecule has 0 heterocycles. The van der Waals surface area contributed by atoms with Crippen LogP contribution in [0.1, 0.15) is 0 Å². The van der Waals surface area contributed by atoms with Gasteiger partial charge in [-0.1, -0.05) is 109 Å². The molecule has 0 aliphatic rings. The molecule has 0 radical (unpaired) electrons. The lowest BCUT2D eigenvalue weighted by atomic mass is 10.4. The zero-order chi connectivity index (χ0) is 30.9. The Labute approximate surface area is 234 Å². The zero-order valence-corrected chi connectivity index (χ0v) is 23.1. The molecular formula is C26H34N6O6S2. The number of nitrogens with two attached hydrogens (primary N) is 6. The number of guanidine groups is 2. The third-order valence-electron chi connectivity index (χ3n) is 3.40. The fourth-order valence-electron chi connectivity index (χ4n) is 1.93. The van der Waals surface area contributed by atoms with Crippen LogP contribution in [0.15, 0.2) is 143 Å². The van der Waals surface area contributed by atoms with E-state index in [1.54, 1.807) is 0 Å². The number of benzene rings is 4. The lowest BCUT2D eigenvalue weighted by molar-refractivity contribution is -0.117. The normalized spacial score (nSPS) is 9.25. The summed E-state index contributed by atoms with van der Waals surface area (Å²) in [4.78, 5) is -1.16. The summed E-state index contributed by atoms with van der Waals surface area (Å²) in [7, 11) is -9.22. The fraction of sp³-hybridized carbons (Fsp3) is 0. The van der Waals surface area contributed by atoms with E-state index in [2.05, 4.69) is 33.8 Å². The first-order valence-corrected chi connectivity index (χ1v) is 13.8. The van der Waals surface area contributed by atoms with Crippen molar-refractivity contribution in [3.8, 4) is 0 Å². The molecule has 14 heteroatoms. The number of rotatable bonds is 2. The highest BCUT2D eigenvalue weighted by Crippen LogP contribution is 2.13.